The lowest BCUT2D eigenvalue weighted by molar-refractivity contribution is -0.274. The Bertz CT molecular complexity index is 797. The van der Waals surface area contributed by atoms with Crippen LogP contribution in [-0.2, 0) is 4.79 Å². The van der Waals surface area contributed by atoms with E-state index in [9.17, 15) is 18.0 Å². The number of esters is 1. The van der Waals surface area contributed by atoms with Gasteiger partial charge in [-0.2, -0.15) is 0 Å². The minimum Gasteiger partial charge on any atom is -0.454 e. The van der Waals surface area contributed by atoms with Gasteiger partial charge in [0, 0.05) is 12.1 Å². The first kappa shape index (κ1) is 16.7. The van der Waals surface area contributed by atoms with Crippen LogP contribution in [0.3, 0.4) is 0 Å². The molecule has 1 aliphatic rings. The molecule has 0 fully saturated rings. The van der Waals surface area contributed by atoms with E-state index in [-0.39, 0.29) is 18.3 Å². The Hall–Kier alpha value is -3.16. The van der Waals surface area contributed by atoms with Gasteiger partial charge in [-0.1, -0.05) is 12.1 Å². The van der Waals surface area contributed by atoms with Crippen molar-refractivity contribution in [3.05, 3.63) is 54.1 Å². The van der Waals surface area contributed by atoms with Crippen LogP contribution in [0.1, 0.15) is 5.56 Å². The lowest BCUT2D eigenvalue weighted by Crippen LogP contribution is -2.16. The molecule has 0 amide bonds. The topological polar surface area (TPSA) is 54.0 Å². The summed E-state index contributed by atoms with van der Waals surface area (Å²) < 4.78 is 55.4. The lowest BCUT2D eigenvalue weighted by atomic mass is 10.2. The summed E-state index contributed by atoms with van der Waals surface area (Å²) in [5, 5.41) is 0. The standard InChI is InChI=1S/C17H11F3O5/c18-17(19,20)25-12-4-1-11(2-5-12)3-8-16(21)24-13-6-7-14-15(9-13)23-10-22-14/h1-9H,10H2/b8-3+. The van der Waals surface area contributed by atoms with Crippen molar-refractivity contribution >= 4 is 12.0 Å². The van der Waals surface area contributed by atoms with E-state index in [1.165, 1.54) is 24.3 Å². The normalized spacial score (nSPS) is 13.1. The number of ether oxygens (including phenoxy) is 4. The molecule has 2 aromatic carbocycles. The minimum absolute atomic E-state index is 0.112. The smallest absolute Gasteiger partial charge is 0.454 e. The van der Waals surface area contributed by atoms with Crippen LogP contribution in [0.25, 0.3) is 6.08 Å². The van der Waals surface area contributed by atoms with Crippen LogP contribution >= 0.6 is 0 Å². The van der Waals surface area contributed by atoms with E-state index >= 15 is 0 Å². The van der Waals surface area contributed by atoms with Gasteiger partial charge in [-0.15, -0.1) is 13.2 Å². The first-order valence-electron chi connectivity index (χ1n) is 7.04. The van der Waals surface area contributed by atoms with Crippen LogP contribution in [-0.4, -0.2) is 19.1 Å². The van der Waals surface area contributed by atoms with Gasteiger partial charge in [0.1, 0.15) is 11.5 Å². The Morgan fingerprint density at radius 1 is 1.00 bits per heavy atom. The molecule has 130 valence electrons. The molecule has 2 aromatic rings. The SMILES string of the molecule is O=C(/C=C/c1ccc(OC(F)(F)F)cc1)Oc1ccc2c(c1)OCO2. The van der Waals surface area contributed by atoms with Gasteiger partial charge >= 0.3 is 12.3 Å². The number of rotatable bonds is 4. The molecule has 0 bridgehead atoms. The zero-order valence-electron chi connectivity index (χ0n) is 12.6. The van der Waals surface area contributed by atoms with Crippen LogP contribution < -0.4 is 18.9 Å². The zero-order valence-corrected chi connectivity index (χ0v) is 12.6. The second-order valence-corrected chi connectivity index (χ2v) is 4.89. The second-order valence-electron chi connectivity index (χ2n) is 4.89. The molecule has 0 radical (unpaired) electrons. The summed E-state index contributed by atoms with van der Waals surface area (Å²) in [6, 6.07) is 9.76. The quantitative estimate of drug-likeness (QED) is 0.474. The molecular formula is C17H11F3O5. The van der Waals surface area contributed by atoms with Crippen LogP contribution in [0.5, 0.6) is 23.0 Å². The average Bonchev–Trinajstić information content (AvgIpc) is 3.00. The highest BCUT2D eigenvalue weighted by Gasteiger charge is 2.30. The van der Waals surface area contributed by atoms with E-state index in [1.807, 2.05) is 0 Å². The third-order valence-corrected chi connectivity index (χ3v) is 3.09. The summed E-state index contributed by atoms with van der Waals surface area (Å²) in [7, 11) is 0. The Morgan fingerprint density at radius 3 is 2.40 bits per heavy atom. The highest BCUT2D eigenvalue weighted by molar-refractivity contribution is 5.88. The minimum atomic E-state index is -4.74. The Balaban J connectivity index is 1.59. The van der Waals surface area contributed by atoms with Crippen molar-refractivity contribution in [1.82, 2.24) is 0 Å². The molecule has 25 heavy (non-hydrogen) atoms. The first-order chi connectivity index (χ1) is 11.9. The molecule has 0 saturated heterocycles. The molecule has 1 heterocycles. The van der Waals surface area contributed by atoms with Gasteiger partial charge in [0.15, 0.2) is 11.5 Å². The van der Waals surface area contributed by atoms with Crippen LogP contribution in [0.4, 0.5) is 13.2 Å². The Kier molecular flexibility index (Phi) is 4.51. The van der Waals surface area contributed by atoms with E-state index in [1.54, 1.807) is 12.1 Å². The summed E-state index contributed by atoms with van der Waals surface area (Å²) in [5.41, 5.74) is 0.511. The number of benzene rings is 2. The Morgan fingerprint density at radius 2 is 1.68 bits per heavy atom. The van der Waals surface area contributed by atoms with E-state index in [4.69, 9.17) is 14.2 Å². The molecule has 0 N–H and O–H groups in total. The molecule has 3 rings (SSSR count). The molecule has 0 aromatic heterocycles. The predicted molar refractivity (Wildman–Crippen MR) is 80.4 cm³/mol. The maximum atomic E-state index is 12.1. The van der Waals surface area contributed by atoms with Crippen LogP contribution in [0, 0.1) is 0 Å². The molecule has 8 heteroatoms. The number of carbonyl (C=O) groups excluding carboxylic acids is 1. The fourth-order valence-corrected chi connectivity index (χ4v) is 2.04. The van der Waals surface area contributed by atoms with E-state index in [0.717, 1.165) is 18.2 Å². The summed E-state index contributed by atoms with van der Waals surface area (Å²) in [6.07, 6.45) is -2.18. The van der Waals surface area contributed by atoms with Gasteiger partial charge in [0.05, 0.1) is 0 Å². The summed E-state index contributed by atoms with van der Waals surface area (Å²) >= 11 is 0. The molecule has 1 aliphatic heterocycles. The maximum absolute atomic E-state index is 12.1. The van der Waals surface area contributed by atoms with Crippen LogP contribution in [0.15, 0.2) is 48.5 Å². The Labute approximate surface area is 140 Å². The van der Waals surface area contributed by atoms with Gasteiger partial charge in [-0.3, -0.25) is 0 Å². The lowest BCUT2D eigenvalue weighted by Gasteiger charge is -2.08. The van der Waals surface area contributed by atoms with Crippen molar-refractivity contribution in [3.8, 4) is 23.0 Å². The average molecular weight is 352 g/mol. The molecule has 0 spiro atoms. The second kappa shape index (κ2) is 6.76. The summed E-state index contributed by atoms with van der Waals surface area (Å²) in [5.74, 6) is 0.348. The van der Waals surface area contributed by atoms with Crippen molar-refractivity contribution in [3.63, 3.8) is 0 Å². The van der Waals surface area contributed by atoms with E-state index in [0.29, 0.717) is 17.1 Å². The highest BCUT2D eigenvalue weighted by atomic mass is 19.4. The zero-order chi connectivity index (χ0) is 17.9. The van der Waals surface area contributed by atoms with E-state index < -0.39 is 12.3 Å². The van der Waals surface area contributed by atoms with Crippen LogP contribution in [0.2, 0.25) is 0 Å². The molecular weight excluding hydrogens is 341 g/mol. The van der Waals surface area contributed by atoms with Gasteiger partial charge in [-0.25, -0.2) is 4.79 Å². The van der Waals surface area contributed by atoms with Crippen molar-refractivity contribution in [2.45, 2.75) is 6.36 Å². The number of hydrogen-bond acceptors (Lipinski definition) is 5. The fourth-order valence-electron chi connectivity index (χ4n) is 2.04. The van der Waals surface area contributed by atoms with Crippen molar-refractivity contribution in [2.75, 3.05) is 6.79 Å². The number of alkyl halides is 3. The number of halogens is 3. The molecule has 0 atom stereocenters. The third-order valence-electron chi connectivity index (χ3n) is 3.09. The monoisotopic (exact) mass is 352 g/mol. The molecule has 0 saturated carbocycles. The summed E-state index contributed by atoms with van der Waals surface area (Å²) in [6.45, 7) is 0.112. The molecule has 5 nitrogen and oxygen atoms in total. The van der Waals surface area contributed by atoms with Gasteiger partial charge in [0.25, 0.3) is 0 Å². The third kappa shape index (κ3) is 4.66. The van der Waals surface area contributed by atoms with Crippen molar-refractivity contribution in [1.29, 1.82) is 0 Å². The fraction of sp³-hybridized carbons (Fsp3) is 0.118. The van der Waals surface area contributed by atoms with Crippen molar-refractivity contribution in [2.24, 2.45) is 0 Å². The largest absolute Gasteiger partial charge is 0.573 e. The molecule has 0 aliphatic carbocycles. The number of fused-ring (bicyclic) bond motifs is 1. The summed E-state index contributed by atoms with van der Waals surface area (Å²) in [4.78, 5) is 11.8. The number of hydrogen-bond donors (Lipinski definition) is 0. The molecule has 0 unspecified atom stereocenters. The maximum Gasteiger partial charge on any atom is 0.573 e. The van der Waals surface area contributed by atoms with Gasteiger partial charge < -0.3 is 18.9 Å². The number of carbonyl (C=O) groups is 1. The van der Waals surface area contributed by atoms with E-state index in [2.05, 4.69) is 4.74 Å². The van der Waals surface area contributed by atoms with Gasteiger partial charge in [0.2, 0.25) is 6.79 Å². The highest BCUT2D eigenvalue weighted by Crippen LogP contribution is 2.35. The first-order valence-corrected chi connectivity index (χ1v) is 7.04. The van der Waals surface area contributed by atoms with Gasteiger partial charge in [-0.05, 0) is 35.9 Å². The van der Waals surface area contributed by atoms with Crippen molar-refractivity contribution < 1.29 is 36.9 Å². The predicted octanol–water partition coefficient (Wildman–Crippen LogP) is 3.93.